The van der Waals surface area contributed by atoms with E-state index in [1.165, 1.54) is 0 Å². The molecule has 4 heterocycles. The van der Waals surface area contributed by atoms with Crippen molar-refractivity contribution in [2.75, 3.05) is 0 Å². The van der Waals surface area contributed by atoms with Gasteiger partial charge in [0.1, 0.15) is 17.1 Å². The van der Waals surface area contributed by atoms with Crippen LogP contribution in [0.15, 0.2) is 117 Å². The number of hydrogen-bond donors (Lipinski definition) is 0. The number of benzene rings is 2. The van der Waals surface area contributed by atoms with Crippen molar-refractivity contribution in [3.8, 4) is 22.7 Å². The number of allylic oxidation sites excluding steroid dienone is 1. The Hall–Kier alpha value is -5.04. The van der Waals surface area contributed by atoms with Gasteiger partial charge in [0.2, 0.25) is 0 Å². The van der Waals surface area contributed by atoms with Crippen molar-refractivity contribution in [1.82, 2.24) is 14.6 Å². The fourth-order valence-electron chi connectivity index (χ4n) is 5.32. The molecule has 0 N–H and O–H groups in total. The second-order valence-electron chi connectivity index (χ2n) is 9.84. The molecular formula is C33H27N5O2. The molecule has 196 valence electrons. The van der Waals surface area contributed by atoms with Crippen LogP contribution in [0, 0.1) is 0 Å². The van der Waals surface area contributed by atoms with Crippen molar-refractivity contribution in [3.05, 3.63) is 114 Å². The molecule has 0 unspecified atom stereocenters. The highest BCUT2D eigenvalue weighted by atomic mass is 16.3. The third kappa shape index (κ3) is 4.56. The molecule has 1 aliphatic carbocycles. The summed E-state index contributed by atoms with van der Waals surface area (Å²) in [6.45, 7) is 0. The predicted molar refractivity (Wildman–Crippen MR) is 155 cm³/mol. The fourth-order valence-corrected chi connectivity index (χ4v) is 5.32. The van der Waals surface area contributed by atoms with Gasteiger partial charge in [-0.1, -0.05) is 55.0 Å². The Morgan fingerprint density at radius 3 is 2.27 bits per heavy atom. The molecule has 7 rings (SSSR count). The van der Waals surface area contributed by atoms with Gasteiger partial charge in [0.25, 0.3) is 0 Å². The molecule has 0 saturated heterocycles. The van der Waals surface area contributed by atoms with E-state index in [-0.39, 0.29) is 0 Å². The number of aromatic nitrogens is 3. The van der Waals surface area contributed by atoms with Crippen LogP contribution >= 0.6 is 0 Å². The number of fused-ring (bicyclic) bond motifs is 2. The van der Waals surface area contributed by atoms with Gasteiger partial charge >= 0.3 is 0 Å². The third-order valence-corrected chi connectivity index (χ3v) is 7.20. The monoisotopic (exact) mass is 525 g/mol. The van der Waals surface area contributed by atoms with Gasteiger partial charge in [-0.15, -0.1) is 5.11 Å². The maximum absolute atomic E-state index is 6.01. The average molecular weight is 526 g/mol. The third-order valence-electron chi connectivity index (χ3n) is 7.20. The highest BCUT2D eigenvalue weighted by molar-refractivity contribution is 5.88. The van der Waals surface area contributed by atoms with Crippen LogP contribution in [0.2, 0.25) is 0 Å². The molecule has 0 fully saturated rings. The highest BCUT2D eigenvalue weighted by Crippen LogP contribution is 2.41. The Labute approximate surface area is 231 Å². The lowest BCUT2D eigenvalue weighted by molar-refractivity contribution is 0.557. The number of azo groups is 1. The zero-order valence-corrected chi connectivity index (χ0v) is 21.9. The van der Waals surface area contributed by atoms with Crippen molar-refractivity contribution in [2.24, 2.45) is 10.2 Å². The molecule has 4 aromatic heterocycles. The van der Waals surface area contributed by atoms with Crippen LogP contribution < -0.4 is 0 Å². The van der Waals surface area contributed by atoms with Crippen LogP contribution in [0.4, 0.5) is 11.4 Å². The molecule has 0 spiro atoms. The van der Waals surface area contributed by atoms with E-state index in [1.54, 1.807) is 12.5 Å². The first-order valence-corrected chi connectivity index (χ1v) is 13.6. The van der Waals surface area contributed by atoms with Crippen LogP contribution in [-0.2, 0) is 6.42 Å². The van der Waals surface area contributed by atoms with Crippen molar-refractivity contribution < 1.29 is 8.83 Å². The molecule has 7 nitrogen and oxygen atoms in total. The largest absolute Gasteiger partial charge is 0.465 e. The molecule has 0 atom stereocenters. The summed E-state index contributed by atoms with van der Waals surface area (Å²) in [6.07, 6.45) is 10.6. The number of rotatable bonds is 5. The van der Waals surface area contributed by atoms with Gasteiger partial charge in [0, 0.05) is 11.1 Å². The van der Waals surface area contributed by atoms with Crippen molar-refractivity contribution >= 4 is 28.7 Å². The summed E-state index contributed by atoms with van der Waals surface area (Å²) in [5.41, 5.74) is 7.76. The van der Waals surface area contributed by atoms with E-state index in [0.717, 1.165) is 83.1 Å². The van der Waals surface area contributed by atoms with Crippen LogP contribution in [0.25, 0.3) is 40.0 Å². The lowest BCUT2D eigenvalue weighted by atomic mass is 9.91. The Morgan fingerprint density at radius 2 is 1.50 bits per heavy atom. The van der Waals surface area contributed by atoms with Gasteiger partial charge in [-0.2, -0.15) is 10.2 Å². The smallest absolute Gasteiger partial charge is 0.184 e. The number of nitrogens with zero attached hydrogens (tertiary/aromatic N) is 5. The highest BCUT2D eigenvalue weighted by Gasteiger charge is 2.27. The molecule has 0 radical (unpaired) electrons. The van der Waals surface area contributed by atoms with Crippen LogP contribution in [0.3, 0.4) is 0 Å². The van der Waals surface area contributed by atoms with Crippen LogP contribution in [-0.4, -0.2) is 14.6 Å². The molecule has 0 aliphatic heterocycles. The zero-order chi connectivity index (χ0) is 26.7. The van der Waals surface area contributed by atoms with Gasteiger partial charge in [-0.25, -0.2) is 9.50 Å². The molecule has 6 aromatic rings. The second kappa shape index (κ2) is 10.6. The SMILES string of the molecule is C(=C1/CCCCCc2c1nc1c(N=Nc3ccccc3)c(-c3ccccc3)nn1c2-c1ccco1)/c1ccco1. The fraction of sp³-hybridized carbons (Fsp3) is 0.152. The second-order valence-corrected chi connectivity index (χ2v) is 9.84. The summed E-state index contributed by atoms with van der Waals surface area (Å²) in [4.78, 5) is 5.30. The summed E-state index contributed by atoms with van der Waals surface area (Å²) in [5, 5.41) is 14.5. The van der Waals surface area contributed by atoms with E-state index >= 15 is 0 Å². The van der Waals surface area contributed by atoms with E-state index in [4.69, 9.17) is 24.0 Å². The van der Waals surface area contributed by atoms with Crippen molar-refractivity contribution in [3.63, 3.8) is 0 Å². The molecular weight excluding hydrogens is 498 g/mol. The van der Waals surface area contributed by atoms with Gasteiger partial charge < -0.3 is 8.83 Å². The number of furan rings is 2. The summed E-state index contributed by atoms with van der Waals surface area (Å²) in [7, 11) is 0. The van der Waals surface area contributed by atoms with Crippen molar-refractivity contribution in [1.29, 1.82) is 0 Å². The molecule has 40 heavy (non-hydrogen) atoms. The van der Waals surface area contributed by atoms with Gasteiger partial charge in [-0.05, 0) is 73.7 Å². The minimum atomic E-state index is 0.616. The standard InChI is InChI=1S/C33H27N5O2/c1-4-12-23(13-5-1)30-31(36-35-25-15-7-3-8-16-25)33-34-29-24(22-26-17-10-20-39-26)14-6-2-9-18-27(29)32(38(33)37-30)28-19-11-21-40-28/h1,3-5,7-8,10-13,15-17,19-22H,2,6,9,14,18H2/b24-22+,36-35?. The lowest BCUT2D eigenvalue weighted by Crippen LogP contribution is -2.09. The Balaban J connectivity index is 1.55. The summed E-state index contributed by atoms with van der Waals surface area (Å²) >= 11 is 0. The first-order valence-electron chi connectivity index (χ1n) is 13.6. The van der Waals surface area contributed by atoms with Crippen molar-refractivity contribution in [2.45, 2.75) is 32.1 Å². The zero-order valence-electron chi connectivity index (χ0n) is 21.9. The minimum absolute atomic E-state index is 0.616. The first-order chi connectivity index (χ1) is 19.8. The molecule has 0 bridgehead atoms. The number of hydrogen-bond acceptors (Lipinski definition) is 6. The Bertz CT molecular complexity index is 1800. The summed E-state index contributed by atoms with van der Waals surface area (Å²) in [6, 6.07) is 27.6. The van der Waals surface area contributed by atoms with Crippen LogP contribution in [0.1, 0.15) is 42.7 Å². The molecule has 2 aromatic carbocycles. The summed E-state index contributed by atoms with van der Waals surface area (Å²) in [5.74, 6) is 1.56. The molecule has 0 saturated carbocycles. The minimum Gasteiger partial charge on any atom is -0.465 e. The molecule has 0 amide bonds. The summed E-state index contributed by atoms with van der Waals surface area (Å²) < 4.78 is 13.6. The maximum Gasteiger partial charge on any atom is 0.184 e. The van der Waals surface area contributed by atoms with E-state index < -0.39 is 0 Å². The van der Waals surface area contributed by atoms with E-state index in [2.05, 4.69) is 11.2 Å². The first kappa shape index (κ1) is 24.0. The molecule has 1 aliphatic rings. The average Bonchev–Trinajstić information content (AvgIpc) is 3.77. The Kier molecular flexibility index (Phi) is 6.38. The topological polar surface area (TPSA) is 81.2 Å². The lowest BCUT2D eigenvalue weighted by Gasteiger charge is -2.19. The van der Waals surface area contributed by atoms with Gasteiger partial charge in [-0.3, -0.25) is 0 Å². The van der Waals surface area contributed by atoms with Gasteiger partial charge in [0.05, 0.1) is 23.9 Å². The van der Waals surface area contributed by atoms with Gasteiger partial charge in [0.15, 0.2) is 17.1 Å². The maximum atomic E-state index is 6.01. The van der Waals surface area contributed by atoms with E-state index in [1.807, 2.05) is 89.4 Å². The quantitative estimate of drug-likeness (QED) is 0.210. The Morgan fingerprint density at radius 1 is 0.725 bits per heavy atom. The molecule has 7 heteroatoms. The predicted octanol–water partition coefficient (Wildman–Crippen LogP) is 9.32. The van der Waals surface area contributed by atoms with E-state index in [9.17, 15) is 0 Å². The van der Waals surface area contributed by atoms with Crippen LogP contribution in [0.5, 0.6) is 0 Å². The normalized spacial score (nSPS) is 14.9. The van der Waals surface area contributed by atoms with E-state index in [0.29, 0.717) is 11.3 Å².